The molecule has 7 heteroatoms. The Kier molecular flexibility index (Phi) is 3.82. The molecule has 0 amide bonds. The number of ketones is 1. The second kappa shape index (κ2) is 5.19. The monoisotopic (exact) mass is 292 g/mol. The molecule has 2 heterocycles. The molecule has 0 saturated heterocycles. The summed E-state index contributed by atoms with van der Waals surface area (Å²) in [7, 11) is 0. The Morgan fingerprint density at radius 1 is 1.33 bits per heavy atom. The lowest BCUT2D eigenvalue weighted by molar-refractivity contribution is -0.0333. The predicted molar refractivity (Wildman–Crippen MR) is 63.7 cm³/mol. The van der Waals surface area contributed by atoms with Gasteiger partial charge in [-0.3, -0.25) is 4.79 Å². The zero-order valence-electron chi connectivity index (χ0n) is 8.81. The number of carbonyl (C=O) groups is 1. The molecule has 0 aliphatic rings. The fourth-order valence-electron chi connectivity index (χ4n) is 1.36. The lowest BCUT2D eigenvalue weighted by Gasteiger charge is -2.14. The largest absolute Gasteiger partial charge is 0.461 e. The summed E-state index contributed by atoms with van der Waals surface area (Å²) < 4.78 is 42.3. The van der Waals surface area contributed by atoms with Crippen LogP contribution in [0.5, 0.6) is 0 Å². The number of hydrogen-bond acceptors (Lipinski definition) is 4. The highest BCUT2D eigenvalue weighted by Gasteiger charge is 2.38. The maximum atomic E-state index is 12.5. The Morgan fingerprint density at radius 3 is 2.61 bits per heavy atom. The number of Topliss-reactive ketones (excluding diaryl/α,β-unsaturated/α-hetero) is 1. The lowest BCUT2D eigenvalue weighted by atomic mass is 10.2. The Morgan fingerprint density at radius 2 is 2.11 bits per heavy atom. The van der Waals surface area contributed by atoms with Crippen molar-refractivity contribution in [2.24, 2.45) is 0 Å². The van der Waals surface area contributed by atoms with E-state index < -0.39 is 16.5 Å². The van der Waals surface area contributed by atoms with Gasteiger partial charge >= 0.3 is 5.51 Å². The van der Waals surface area contributed by atoms with Crippen LogP contribution in [0.2, 0.25) is 0 Å². The van der Waals surface area contributed by atoms with Crippen molar-refractivity contribution < 1.29 is 22.4 Å². The van der Waals surface area contributed by atoms with Gasteiger partial charge in [-0.15, -0.1) is 11.3 Å². The van der Waals surface area contributed by atoms with Crippen LogP contribution in [0, 0.1) is 0 Å². The Bertz CT molecular complexity index is 503. The number of thioether (sulfide) groups is 1. The number of furan rings is 1. The third-order valence-corrected chi connectivity index (χ3v) is 4.11. The van der Waals surface area contributed by atoms with Gasteiger partial charge in [-0.25, -0.2) is 0 Å². The van der Waals surface area contributed by atoms with E-state index in [1.807, 2.05) is 0 Å². The molecular weight excluding hydrogens is 285 g/mol. The lowest BCUT2D eigenvalue weighted by Crippen LogP contribution is -2.13. The summed E-state index contributed by atoms with van der Waals surface area (Å²) in [4.78, 5) is 12.3. The van der Waals surface area contributed by atoms with E-state index in [-0.39, 0.29) is 17.5 Å². The molecule has 96 valence electrons. The average Bonchev–Trinajstić information content (AvgIpc) is 2.95. The SMILES string of the molecule is O=C(c1ccco1)[C@H](SC(F)(F)F)c1cccs1. The van der Waals surface area contributed by atoms with E-state index in [1.54, 1.807) is 11.4 Å². The van der Waals surface area contributed by atoms with Crippen LogP contribution >= 0.6 is 23.1 Å². The highest BCUT2D eigenvalue weighted by Crippen LogP contribution is 2.44. The van der Waals surface area contributed by atoms with Gasteiger partial charge in [0, 0.05) is 4.88 Å². The molecule has 18 heavy (non-hydrogen) atoms. The summed E-state index contributed by atoms with van der Waals surface area (Å²) in [5.74, 6) is -0.741. The third-order valence-electron chi connectivity index (χ3n) is 2.06. The van der Waals surface area contributed by atoms with Crippen LogP contribution in [0.3, 0.4) is 0 Å². The fraction of sp³-hybridized carbons (Fsp3) is 0.182. The molecule has 2 rings (SSSR count). The zero-order valence-corrected chi connectivity index (χ0v) is 10.4. The van der Waals surface area contributed by atoms with Gasteiger partial charge < -0.3 is 4.42 Å². The van der Waals surface area contributed by atoms with E-state index in [4.69, 9.17) is 4.42 Å². The molecule has 0 unspecified atom stereocenters. The van der Waals surface area contributed by atoms with E-state index in [0.717, 1.165) is 11.3 Å². The summed E-state index contributed by atoms with van der Waals surface area (Å²) in [5, 5.41) is 0.324. The number of carbonyl (C=O) groups excluding carboxylic acids is 1. The molecule has 0 aliphatic carbocycles. The van der Waals surface area contributed by atoms with Crippen LogP contribution < -0.4 is 0 Å². The molecule has 0 spiro atoms. The minimum absolute atomic E-state index is 0.0647. The van der Waals surface area contributed by atoms with Gasteiger partial charge in [0.15, 0.2) is 5.76 Å². The first-order chi connectivity index (χ1) is 8.47. The average molecular weight is 292 g/mol. The summed E-state index contributed by atoms with van der Waals surface area (Å²) in [6, 6.07) is 5.95. The van der Waals surface area contributed by atoms with Gasteiger partial charge in [0.25, 0.3) is 0 Å². The second-order valence-electron chi connectivity index (χ2n) is 3.30. The first-order valence-corrected chi connectivity index (χ1v) is 6.59. The van der Waals surface area contributed by atoms with Crippen LogP contribution in [0.4, 0.5) is 13.2 Å². The Labute approximate surface area is 109 Å². The molecule has 2 aromatic rings. The van der Waals surface area contributed by atoms with Crippen LogP contribution in [0.1, 0.15) is 20.7 Å². The van der Waals surface area contributed by atoms with Crippen molar-refractivity contribution in [2.75, 3.05) is 0 Å². The van der Waals surface area contributed by atoms with Crippen molar-refractivity contribution in [1.82, 2.24) is 0 Å². The van der Waals surface area contributed by atoms with E-state index in [9.17, 15) is 18.0 Å². The highest BCUT2D eigenvalue weighted by molar-refractivity contribution is 8.01. The number of thiophene rings is 1. The molecule has 0 radical (unpaired) electrons. The van der Waals surface area contributed by atoms with E-state index in [0.29, 0.717) is 4.88 Å². The predicted octanol–water partition coefficient (Wildman–Crippen LogP) is 4.52. The maximum Gasteiger partial charge on any atom is 0.442 e. The quantitative estimate of drug-likeness (QED) is 0.776. The van der Waals surface area contributed by atoms with E-state index in [1.165, 1.54) is 24.5 Å². The number of rotatable bonds is 4. The molecule has 0 fully saturated rings. The zero-order chi connectivity index (χ0) is 13.2. The highest BCUT2D eigenvalue weighted by atomic mass is 32.2. The summed E-state index contributed by atoms with van der Waals surface area (Å²) >= 11 is 0.781. The number of alkyl halides is 3. The van der Waals surface area contributed by atoms with Gasteiger partial charge in [-0.2, -0.15) is 13.2 Å². The van der Waals surface area contributed by atoms with Gasteiger partial charge in [-0.1, -0.05) is 6.07 Å². The van der Waals surface area contributed by atoms with E-state index >= 15 is 0 Å². The second-order valence-corrected chi connectivity index (χ2v) is 5.45. The minimum atomic E-state index is -4.48. The summed E-state index contributed by atoms with van der Waals surface area (Å²) in [6.45, 7) is 0. The molecule has 2 aromatic heterocycles. The molecule has 2 nitrogen and oxygen atoms in total. The maximum absolute atomic E-state index is 12.5. The van der Waals surface area contributed by atoms with Crippen LogP contribution in [0.25, 0.3) is 0 Å². The van der Waals surface area contributed by atoms with Crippen molar-refractivity contribution in [3.8, 4) is 0 Å². The smallest absolute Gasteiger partial charge is 0.442 e. The normalized spacial score (nSPS) is 13.5. The van der Waals surface area contributed by atoms with E-state index in [2.05, 4.69) is 0 Å². The summed E-state index contributed by atoms with van der Waals surface area (Å²) in [6.07, 6.45) is 1.26. The standard InChI is InChI=1S/C11H7F3O2S2/c12-11(13,14)18-10(8-4-2-6-17-8)9(15)7-3-1-5-16-7/h1-6,10H/t10-/m1/s1. The Balaban J connectivity index is 2.28. The fourth-order valence-corrected chi connectivity index (χ4v) is 3.06. The van der Waals surface area contributed by atoms with Crippen LogP contribution in [-0.2, 0) is 0 Å². The molecule has 0 N–H and O–H groups in total. The van der Waals surface area contributed by atoms with Crippen LogP contribution in [-0.4, -0.2) is 11.3 Å². The minimum Gasteiger partial charge on any atom is -0.461 e. The topological polar surface area (TPSA) is 30.2 Å². The molecule has 0 bridgehead atoms. The first-order valence-electron chi connectivity index (χ1n) is 4.83. The van der Waals surface area contributed by atoms with Crippen LogP contribution in [0.15, 0.2) is 40.3 Å². The van der Waals surface area contributed by atoms with Crippen molar-refractivity contribution in [3.05, 3.63) is 46.5 Å². The number of hydrogen-bond donors (Lipinski definition) is 0. The van der Waals surface area contributed by atoms with Gasteiger partial charge in [0.05, 0.1) is 6.26 Å². The molecule has 0 aliphatic heterocycles. The first kappa shape index (κ1) is 13.2. The van der Waals surface area contributed by atoms with Crippen molar-refractivity contribution in [3.63, 3.8) is 0 Å². The third kappa shape index (κ3) is 3.17. The van der Waals surface area contributed by atoms with Crippen molar-refractivity contribution in [2.45, 2.75) is 10.8 Å². The molecular formula is C11H7F3O2S2. The van der Waals surface area contributed by atoms with Crippen molar-refractivity contribution >= 4 is 28.9 Å². The molecule has 1 atom stereocenters. The van der Waals surface area contributed by atoms with Gasteiger partial charge in [0.1, 0.15) is 5.25 Å². The Hall–Kier alpha value is -1.21. The molecule has 0 saturated carbocycles. The van der Waals surface area contributed by atoms with Crippen molar-refractivity contribution in [1.29, 1.82) is 0 Å². The van der Waals surface area contributed by atoms with Gasteiger partial charge in [-0.05, 0) is 35.3 Å². The van der Waals surface area contributed by atoms with Gasteiger partial charge in [0.2, 0.25) is 5.78 Å². The molecule has 0 aromatic carbocycles. The summed E-state index contributed by atoms with van der Waals surface area (Å²) in [5.41, 5.74) is -4.48. The number of halogens is 3.